The number of aliphatic hydroxyl groups excluding tert-OH is 1. The molecule has 1 fully saturated rings. The van der Waals surface area contributed by atoms with Gasteiger partial charge in [0.25, 0.3) is 0 Å². The standard InChI is InChI=1S/C12H19NO3/c1-12(2)6-3-4-7(8(12)5-6)10(14)9(13)11(15)16/h4,6,8-10,14H,3,5,13H2,1-2H3,(H,15,16). The average Bonchev–Trinajstić information content (AvgIpc) is 2.26. The quantitative estimate of drug-likeness (QED) is 0.619. The Labute approximate surface area is 95.1 Å². The van der Waals surface area contributed by atoms with Gasteiger partial charge in [0.2, 0.25) is 0 Å². The van der Waals surface area contributed by atoms with Crippen LogP contribution in [0.1, 0.15) is 26.7 Å². The lowest BCUT2D eigenvalue weighted by Gasteiger charge is -2.57. The Bertz CT molecular complexity index is 348. The number of aliphatic carboxylic acids is 1. The Kier molecular flexibility index (Phi) is 2.59. The number of aliphatic hydroxyl groups is 1. The fourth-order valence-electron chi connectivity index (χ4n) is 3.07. The first-order valence-corrected chi connectivity index (χ1v) is 5.72. The van der Waals surface area contributed by atoms with E-state index >= 15 is 0 Å². The van der Waals surface area contributed by atoms with E-state index in [4.69, 9.17) is 10.8 Å². The molecule has 3 rings (SSSR count). The molecule has 1 saturated carbocycles. The number of rotatable bonds is 3. The lowest BCUT2D eigenvalue weighted by Crippen LogP contribution is -2.53. The molecule has 0 aromatic carbocycles. The summed E-state index contributed by atoms with van der Waals surface area (Å²) in [7, 11) is 0. The zero-order chi connectivity index (χ0) is 12.1. The number of fused-ring (bicyclic) bond motifs is 1. The Morgan fingerprint density at radius 1 is 1.62 bits per heavy atom. The van der Waals surface area contributed by atoms with Gasteiger partial charge in [0.05, 0.1) is 0 Å². The molecule has 0 aromatic heterocycles. The Morgan fingerprint density at radius 3 is 2.69 bits per heavy atom. The predicted octanol–water partition coefficient (Wildman–Crippen LogP) is 0.752. The van der Waals surface area contributed by atoms with E-state index in [1.54, 1.807) is 0 Å². The van der Waals surface area contributed by atoms with E-state index in [-0.39, 0.29) is 5.41 Å². The third-order valence-electron chi connectivity index (χ3n) is 4.48. The van der Waals surface area contributed by atoms with Crippen molar-refractivity contribution in [3.63, 3.8) is 0 Å². The van der Waals surface area contributed by atoms with Gasteiger partial charge in [-0.3, -0.25) is 4.79 Å². The average molecular weight is 225 g/mol. The summed E-state index contributed by atoms with van der Waals surface area (Å²) < 4.78 is 0. The molecule has 0 aliphatic heterocycles. The first-order chi connectivity index (χ1) is 7.35. The van der Waals surface area contributed by atoms with Crippen molar-refractivity contribution in [3.8, 4) is 0 Å². The molecule has 4 atom stereocenters. The summed E-state index contributed by atoms with van der Waals surface area (Å²) in [5, 5.41) is 18.8. The van der Waals surface area contributed by atoms with E-state index in [1.807, 2.05) is 6.08 Å². The minimum Gasteiger partial charge on any atom is -0.480 e. The molecule has 2 bridgehead atoms. The van der Waals surface area contributed by atoms with E-state index in [2.05, 4.69) is 13.8 Å². The zero-order valence-electron chi connectivity index (χ0n) is 9.68. The molecule has 4 heteroatoms. The van der Waals surface area contributed by atoms with Crippen LogP contribution in [0.15, 0.2) is 11.6 Å². The van der Waals surface area contributed by atoms with Gasteiger partial charge in [0.15, 0.2) is 0 Å². The molecule has 0 heterocycles. The number of hydrogen-bond donors (Lipinski definition) is 3. The van der Waals surface area contributed by atoms with Crippen LogP contribution < -0.4 is 5.73 Å². The van der Waals surface area contributed by atoms with Crippen LogP contribution in [0.5, 0.6) is 0 Å². The molecule has 3 aliphatic carbocycles. The Hall–Kier alpha value is -0.870. The molecule has 0 aromatic rings. The van der Waals surface area contributed by atoms with E-state index in [9.17, 15) is 9.90 Å². The smallest absolute Gasteiger partial charge is 0.323 e. The normalized spacial score (nSPS) is 34.6. The third kappa shape index (κ3) is 1.48. The lowest BCUT2D eigenvalue weighted by molar-refractivity contribution is -0.141. The summed E-state index contributed by atoms with van der Waals surface area (Å²) in [6.45, 7) is 4.36. The molecule has 3 aliphatic rings. The van der Waals surface area contributed by atoms with Crippen molar-refractivity contribution < 1.29 is 15.0 Å². The van der Waals surface area contributed by atoms with Gasteiger partial charge < -0.3 is 15.9 Å². The highest BCUT2D eigenvalue weighted by Crippen LogP contribution is 2.59. The highest BCUT2D eigenvalue weighted by atomic mass is 16.4. The lowest BCUT2D eigenvalue weighted by atomic mass is 9.48. The van der Waals surface area contributed by atoms with E-state index in [0.29, 0.717) is 11.8 Å². The third-order valence-corrected chi connectivity index (χ3v) is 4.48. The number of carboxylic acids is 1. The van der Waals surface area contributed by atoms with Crippen LogP contribution in [-0.2, 0) is 4.79 Å². The highest BCUT2D eigenvalue weighted by molar-refractivity contribution is 5.74. The summed E-state index contributed by atoms with van der Waals surface area (Å²) in [6.07, 6.45) is 2.94. The van der Waals surface area contributed by atoms with Gasteiger partial charge in [0.1, 0.15) is 12.1 Å². The molecule has 0 spiro atoms. The summed E-state index contributed by atoms with van der Waals surface area (Å²) in [4.78, 5) is 10.8. The maximum Gasteiger partial charge on any atom is 0.323 e. The predicted molar refractivity (Wildman–Crippen MR) is 59.7 cm³/mol. The van der Waals surface area contributed by atoms with Crippen molar-refractivity contribution in [1.29, 1.82) is 0 Å². The molecule has 0 amide bonds. The summed E-state index contributed by atoms with van der Waals surface area (Å²) in [5.41, 5.74) is 6.49. The van der Waals surface area contributed by atoms with Gasteiger partial charge in [0, 0.05) is 0 Å². The highest BCUT2D eigenvalue weighted by Gasteiger charge is 2.53. The number of hydrogen-bond acceptors (Lipinski definition) is 3. The van der Waals surface area contributed by atoms with Crippen molar-refractivity contribution in [3.05, 3.63) is 11.6 Å². The van der Waals surface area contributed by atoms with Crippen molar-refractivity contribution >= 4 is 5.97 Å². The van der Waals surface area contributed by atoms with E-state index < -0.39 is 18.1 Å². The van der Waals surface area contributed by atoms with Gasteiger partial charge in [-0.2, -0.15) is 0 Å². The fourth-order valence-corrected chi connectivity index (χ4v) is 3.07. The van der Waals surface area contributed by atoms with Gasteiger partial charge in [-0.1, -0.05) is 19.9 Å². The van der Waals surface area contributed by atoms with Gasteiger partial charge in [-0.25, -0.2) is 0 Å². The van der Waals surface area contributed by atoms with Crippen LogP contribution in [0.25, 0.3) is 0 Å². The molecule has 4 N–H and O–H groups in total. The number of carbonyl (C=O) groups is 1. The van der Waals surface area contributed by atoms with Crippen molar-refractivity contribution in [1.82, 2.24) is 0 Å². The minimum atomic E-state index is -1.21. The Balaban J connectivity index is 2.17. The Morgan fingerprint density at radius 2 is 2.25 bits per heavy atom. The summed E-state index contributed by atoms with van der Waals surface area (Å²) >= 11 is 0. The molecule has 16 heavy (non-hydrogen) atoms. The second-order valence-electron chi connectivity index (χ2n) is 5.56. The molecular weight excluding hydrogens is 206 g/mol. The van der Waals surface area contributed by atoms with E-state index in [1.165, 1.54) is 0 Å². The molecule has 90 valence electrons. The minimum absolute atomic E-state index is 0.184. The number of nitrogens with two attached hydrogens (primary N) is 1. The summed E-state index contributed by atoms with van der Waals surface area (Å²) in [5.74, 6) is -0.172. The summed E-state index contributed by atoms with van der Waals surface area (Å²) in [6, 6.07) is -1.21. The molecule has 4 unspecified atom stereocenters. The maximum absolute atomic E-state index is 10.8. The topological polar surface area (TPSA) is 83.5 Å². The van der Waals surface area contributed by atoms with Crippen LogP contribution >= 0.6 is 0 Å². The van der Waals surface area contributed by atoms with Gasteiger partial charge >= 0.3 is 5.97 Å². The van der Waals surface area contributed by atoms with Gasteiger partial charge in [-0.15, -0.1) is 0 Å². The molecule has 0 radical (unpaired) electrons. The van der Waals surface area contributed by atoms with Crippen molar-refractivity contribution in [2.45, 2.75) is 38.8 Å². The van der Waals surface area contributed by atoms with Crippen LogP contribution in [0, 0.1) is 17.3 Å². The molecule has 0 saturated heterocycles. The number of allylic oxidation sites excluding steroid dienone is 1. The monoisotopic (exact) mass is 225 g/mol. The zero-order valence-corrected chi connectivity index (χ0v) is 9.68. The first kappa shape index (κ1) is 11.6. The van der Waals surface area contributed by atoms with Crippen LogP contribution in [0.2, 0.25) is 0 Å². The molecular formula is C12H19NO3. The first-order valence-electron chi connectivity index (χ1n) is 5.72. The largest absolute Gasteiger partial charge is 0.480 e. The second-order valence-corrected chi connectivity index (χ2v) is 5.56. The second kappa shape index (κ2) is 3.57. The van der Waals surface area contributed by atoms with E-state index in [0.717, 1.165) is 18.4 Å². The van der Waals surface area contributed by atoms with Crippen LogP contribution in [0.4, 0.5) is 0 Å². The number of carboxylic acid groups (broad SMARTS) is 1. The van der Waals surface area contributed by atoms with Crippen LogP contribution in [-0.4, -0.2) is 28.3 Å². The van der Waals surface area contributed by atoms with Crippen molar-refractivity contribution in [2.24, 2.45) is 23.0 Å². The molecule has 4 nitrogen and oxygen atoms in total. The SMILES string of the molecule is CC1(C)C2CC=C(C(O)C(N)C(=O)O)C1C2. The fraction of sp³-hybridized carbons (Fsp3) is 0.750. The maximum atomic E-state index is 10.8. The van der Waals surface area contributed by atoms with Gasteiger partial charge in [-0.05, 0) is 35.7 Å². The van der Waals surface area contributed by atoms with Crippen molar-refractivity contribution in [2.75, 3.05) is 0 Å². The van der Waals surface area contributed by atoms with Crippen LogP contribution in [0.3, 0.4) is 0 Å².